The number of carboxylic acid groups (broad SMARTS) is 1. The third-order valence-corrected chi connectivity index (χ3v) is 3.59. The number of hydrogen-bond acceptors (Lipinski definition) is 3. The van der Waals surface area contributed by atoms with Crippen molar-refractivity contribution < 1.29 is 14.7 Å². The van der Waals surface area contributed by atoms with E-state index in [-0.39, 0.29) is 11.1 Å². The van der Waals surface area contributed by atoms with E-state index in [4.69, 9.17) is 16.7 Å². The smallest absolute Gasteiger partial charge is 0.336 e. The molecule has 2 N–H and O–H groups in total. The molecule has 0 spiro atoms. The number of aryl methyl sites for hydroxylation is 1. The number of aromatic carboxylic acids is 1. The van der Waals surface area contributed by atoms with Crippen molar-refractivity contribution in [3.05, 3.63) is 64.4 Å². The van der Waals surface area contributed by atoms with Crippen molar-refractivity contribution in [3.8, 4) is 0 Å². The van der Waals surface area contributed by atoms with E-state index in [2.05, 4.69) is 10.3 Å². The predicted octanol–water partition coefficient (Wildman–Crippen LogP) is 3.19. The Bertz CT molecular complexity index is 689. The number of nitrogens with zero attached hydrogens (tertiary/aromatic N) is 1. The van der Waals surface area contributed by atoms with Crippen LogP contribution in [0, 0.1) is 0 Å². The van der Waals surface area contributed by atoms with Crippen molar-refractivity contribution in [1.82, 2.24) is 10.3 Å². The van der Waals surface area contributed by atoms with Gasteiger partial charge in [0, 0.05) is 24.0 Å². The molecule has 1 amide bonds. The fourth-order valence-corrected chi connectivity index (χ4v) is 2.36. The van der Waals surface area contributed by atoms with Crippen LogP contribution >= 0.6 is 11.6 Å². The van der Waals surface area contributed by atoms with Crippen LogP contribution in [0.1, 0.15) is 39.1 Å². The largest absolute Gasteiger partial charge is 0.478 e. The Balaban J connectivity index is 1.83. The van der Waals surface area contributed by atoms with Gasteiger partial charge in [0.05, 0.1) is 11.1 Å². The van der Waals surface area contributed by atoms with Crippen molar-refractivity contribution in [2.45, 2.75) is 19.3 Å². The van der Waals surface area contributed by atoms with E-state index in [1.54, 1.807) is 6.20 Å². The van der Waals surface area contributed by atoms with Gasteiger partial charge in [0.2, 0.25) is 0 Å². The molecule has 0 fully saturated rings. The molecule has 23 heavy (non-hydrogen) atoms. The average Bonchev–Trinajstić information content (AvgIpc) is 2.55. The molecule has 0 unspecified atom stereocenters. The van der Waals surface area contributed by atoms with E-state index in [0.717, 1.165) is 24.8 Å². The monoisotopic (exact) mass is 332 g/mol. The molecular weight excluding hydrogens is 316 g/mol. The zero-order valence-electron chi connectivity index (χ0n) is 12.5. The van der Waals surface area contributed by atoms with Crippen molar-refractivity contribution >= 4 is 23.5 Å². The highest BCUT2D eigenvalue weighted by atomic mass is 35.5. The number of carboxylic acids is 1. The quantitative estimate of drug-likeness (QED) is 0.763. The number of pyridine rings is 1. The molecule has 0 radical (unpaired) electrons. The number of halogens is 1. The normalized spacial score (nSPS) is 10.3. The zero-order chi connectivity index (χ0) is 16.7. The molecule has 0 aliphatic rings. The highest BCUT2D eigenvalue weighted by Gasteiger charge is 2.16. The lowest BCUT2D eigenvalue weighted by atomic mass is 10.1. The number of benzene rings is 1. The summed E-state index contributed by atoms with van der Waals surface area (Å²) in [6.07, 6.45) is 6.15. The fraction of sp³-hybridized carbons (Fsp3) is 0.235. The van der Waals surface area contributed by atoms with Crippen molar-refractivity contribution in [2.75, 3.05) is 6.54 Å². The van der Waals surface area contributed by atoms with Gasteiger partial charge in [-0.2, -0.15) is 0 Å². The Labute approximate surface area is 139 Å². The van der Waals surface area contributed by atoms with Crippen molar-refractivity contribution in [3.63, 3.8) is 0 Å². The summed E-state index contributed by atoms with van der Waals surface area (Å²) in [5.41, 5.74) is 1.18. The van der Waals surface area contributed by atoms with Crippen LogP contribution in [0.5, 0.6) is 0 Å². The number of amides is 1. The van der Waals surface area contributed by atoms with Crippen LogP contribution in [0.4, 0.5) is 0 Å². The van der Waals surface area contributed by atoms with Crippen LogP contribution in [0.25, 0.3) is 0 Å². The van der Waals surface area contributed by atoms with Crippen LogP contribution in [-0.2, 0) is 6.42 Å². The van der Waals surface area contributed by atoms with E-state index in [9.17, 15) is 9.59 Å². The van der Waals surface area contributed by atoms with Gasteiger partial charge in [-0.05, 0) is 49.1 Å². The summed E-state index contributed by atoms with van der Waals surface area (Å²) < 4.78 is 0. The van der Waals surface area contributed by atoms with Gasteiger partial charge in [0.25, 0.3) is 5.91 Å². The lowest BCUT2D eigenvalue weighted by molar-refractivity contribution is 0.0691. The first-order chi connectivity index (χ1) is 11.1. The number of aromatic nitrogens is 1. The first-order valence-electron chi connectivity index (χ1n) is 7.28. The Kier molecular flexibility index (Phi) is 6.11. The summed E-state index contributed by atoms with van der Waals surface area (Å²) in [6, 6.07) is 8.06. The SMILES string of the molecule is O=C(O)c1ccc(Cl)cc1C(=O)NCCCCc1cccnc1. The highest BCUT2D eigenvalue weighted by Crippen LogP contribution is 2.16. The minimum atomic E-state index is -1.15. The van der Waals surface area contributed by atoms with Crippen LogP contribution < -0.4 is 5.32 Å². The second-order valence-electron chi connectivity index (χ2n) is 5.07. The van der Waals surface area contributed by atoms with Crippen molar-refractivity contribution in [2.24, 2.45) is 0 Å². The number of nitrogens with one attached hydrogen (secondary N) is 1. The van der Waals surface area contributed by atoms with Crippen LogP contribution in [0.2, 0.25) is 5.02 Å². The second kappa shape index (κ2) is 8.29. The molecule has 0 aliphatic heterocycles. The lowest BCUT2D eigenvalue weighted by Crippen LogP contribution is -2.26. The van der Waals surface area contributed by atoms with Gasteiger partial charge in [0.1, 0.15) is 0 Å². The predicted molar refractivity (Wildman–Crippen MR) is 87.9 cm³/mol. The molecule has 0 aliphatic carbocycles. The Hall–Kier alpha value is -2.40. The maximum absolute atomic E-state index is 12.1. The molecule has 1 aromatic heterocycles. The fourth-order valence-electron chi connectivity index (χ4n) is 2.19. The third kappa shape index (κ3) is 5.07. The maximum Gasteiger partial charge on any atom is 0.336 e. The molecule has 120 valence electrons. The van der Waals surface area contributed by atoms with Crippen LogP contribution in [0.15, 0.2) is 42.7 Å². The van der Waals surface area contributed by atoms with E-state index >= 15 is 0 Å². The minimum absolute atomic E-state index is 0.0535. The number of rotatable bonds is 7. The van der Waals surface area contributed by atoms with Gasteiger partial charge < -0.3 is 10.4 Å². The zero-order valence-corrected chi connectivity index (χ0v) is 13.2. The molecule has 0 bridgehead atoms. The van der Waals surface area contributed by atoms with E-state index in [1.807, 2.05) is 18.3 Å². The number of carbonyl (C=O) groups is 2. The first-order valence-corrected chi connectivity index (χ1v) is 7.65. The maximum atomic E-state index is 12.1. The van der Waals surface area contributed by atoms with Crippen LogP contribution in [-0.4, -0.2) is 28.5 Å². The third-order valence-electron chi connectivity index (χ3n) is 3.36. The Morgan fingerprint density at radius 2 is 2.00 bits per heavy atom. The number of unbranched alkanes of at least 4 members (excludes halogenated alkanes) is 1. The van der Waals surface area contributed by atoms with Gasteiger partial charge in [-0.1, -0.05) is 17.7 Å². The average molecular weight is 333 g/mol. The van der Waals surface area contributed by atoms with Gasteiger partial charge >= 0.3 is 5.97 Å². The van der Waals surface area contributed by atoms with Gasteiger partial charge in [-0.3, -0.25) is 9.78 Å². The van der Waals surface area contributed by atoms with Gasteiger partial charge in [-0.15, -0.1) is 0 Å². The lowest BCUT2D eigenvalue weighted by Gasteiger charge is -2.08. The van der Waals surface area contributed by atoms with E-state index in [1.165, 1.54) is 18.2 Å². The molecule has 5 nitrogen and oxygen atoms in total. The van der Waals surface area contributed by atoms with E-state index in [0.29, 0.717) is 11.6 Å². The summed E-state index contributed by atoms with van der Waals surface area (Å²) in [4.78, 5) is 27.3. The minimum Gasteiger partial charge on any atom is -0.478 e. The molecule has 6 heteroatoms. The molecule has 1 aromatic carbocycles. The topological polar surface area (TPSA) is 79.3 Å². The number of carbonyl (C=O) groups excluding carboxylic acids is 1. The highest BCUT2D eigenvalue weighted by molar-refractivity contribution is 6.31. The summed E-state index contributed by atoms with van der Waals surface area (Å²) in [7, 11) is 0. The molecule has 0 saturated carbocycles. The van der Waals surface area contributed by atoms with Gasteiger partial charge in [-0.25, -0.2) is 4.79 Å². The summed E-state index contributed by atoms with van der Waals surface area (Å²) in [5.74, 6) is -1.57. The molecule has 1 heterocycles. The molecular formula is C17H17ClN2O3. The Morgan fingerprint density at radius 3 is 2.70 bits per heavy atom. The Morgan fingerprint density at radius 1 is 1.17 bits per heavy atom. The molecule has 0 atom stereocenters. The van der Waals surface area contributed by atoms with E-state index < -0.39 is 11.9 Å². The van der Waals surface area contributed by atoms with Gasteiger partial charge in [0.15, 0.2) is 0 Å². The summed E-state index contributed by atoms with van der Waals surface area (Å²) in [5, 5.41) is 12.2. The summed E-state index contributed by atoms with van der Waals surface area (Å²) >= 11 is 5.84. The molecule has 0 saturated heterocycles. The first kappa shape index (κ1) is 17.0. The molecule has 2 rings (SSSR count). The second-order valence-corrected chi connectivity index (χ2v) is 5.51. The standard InChI is InChI=1S/C17H17ClN2O3/c18-13-6-7-14(17(22)23)15(10-13)16(21)20-9-2-1-4-12-5-3-8-19-11-12/h3,5-8,10-11H,1-2,4,9H2,(H,20,21)(H,22,23). The summed E-state index contributed by atoms with van der Waals surface area (Å²) in [6.45, 7) is 0.477. The van der Waals surface area contributed by atoms with Crippen molar-refractivity contribution in [1.29, 1.82) is 0 Å². The number of hydrogen-bond donors (Lipinski definition) is 2. The van der Waals surface area contributed by atoms with Crippen LogP contribution in [0.3, 0.4) is 0 Å². The molecule has 2 aromatic rings.